The van der Waals surface area contributed by atoms with Crippen molar-refractivity contribution >= 4 is 17.8 Å². The van der Waals surface area contributed by atoms with E-state index >= 15 is 0 Å². The number of carbonyl (C=O) groups excluding carboxylic acids is 1. The first kappa shape index (κ1) is 16.1. The number of ether oxygens (including phenoxy) is 1. The van der Waals surface area contributed by atoms with Crippen LogP contribution in [0.3, 0.4) is 0 Å². The number of aliphatic imine (C=N–C) groups is 1. The van der Waals surface area contributed by atoms with Gasteiger partial charge in [0.05, 0.1) is 13.7 Å². The molecule has 0 aliphatic carbocycles. The van der Waals surface area contributed by atoms with Crippen molar-refractivity contribution in [2.24, 2.45) is 4.99 Å². The van der Waals surface area contributed by atoms with E-state index in [1.807, 2.05) is 35.2 Å². The minimum absolute atomic E-state index is 0.0895. The third-order valence-electron chi connectivity index (χ3n) is 4.08. The number of phenolic OH excluding ortho intramolecular Hbond substituents is 1. The predicted octanol–water partition coefficient (Wildman–Crippen LogP) is 3.15. The molecule has 1 heterocycles. The molecule has 1 saturated heterocycles. The molecule has 1 N–H and O–H groups in total. The number of aromatic hydroxyl groups is 1. The zero-order valence-electron chi connectivity index (χ0n) is 13.6. The van der Waals surface area contributed by atoms with Crippen LogP contribution in [0.5, 0.6) is 11.5 Å². The van der Waals surface area contributed by atoms with Gasteiger partial charge in [0.1, 0.15) is 0 Å². The number of carbonyl (C=O) groups is 1. The molecule has 2 aromatic rings. The van der Waals surface area contributed by atoms with Crippen LogP contribution in [0.4, 0.5) is 5.69 Å². The molecule has 0 aromatic heterocycles. The molecule has 24 heavy (non-hydrogen) atoms. The van der Waals surface area contributed by atoms with Crippen molar-refractivity contribution in [1.29, 1.82) is 0 Å². The van der Waals surface area contributed by atoms with Crippen molar-refractivity contribution in [1.82, 2.24) is 0 Å². The SMILES string of the molecule is COc1cccc(C=NCc2ccc(N3CCCC3=O)cc2)c1O. The Morgan fingerprint density at radius 2 is 2.04 bits per heavy atom. The lowest BCUT2D eigenvalue weighted by Crippen LogP contribution is -2.23. The first-order valence-electron chi connectivity index (χ1n) is 7.94. The van der Waals surface area contributed by atoms with E-state index in [2.05, 4.69) is 4.99 Å². The van der Waals surface area contributed by atoms with Gasteiger partial charge in [-0.1, -0.05) is 18.2 Å². The molecule has 1 aliphatic rings. The highest BCUT2D eigenvalue weighted by Crippen LogP contribution is 2.28. The van der Waals surface area contributed by atoms with Crippen molar-refractivity contribution in [3.05, 3.63) is 53.6 Å². The Morgan fingerprint density at radius 1 is 1.25 bits per heavy atom. The Labute approximate surface area is 141 Å². The summed E-state index contributed by atoms with van der Waals surface area (Å²) in [6.45, 7) is 1.30. The second-order valence-corrected chi connectivity index (χ2v) is 5.68. The number of para-hydroxylation sites is 1. The summed E-state index contributed by atoms with van der Waals surface area (Å²) in [6.07, 6.45) is 3.20. The van der Waals surface area contributed by atoms with Gasteiger partial charge in [-0.15, -0.1) is 0 Å². The second-order valence-electron chi connectivity index (χ2n) is 5.68. The van der Waals surface area contributed by atoms with Crippen LogP contribution in [-0.4, -0.2) is 30.9 Å². The van der Waals surface area contributed by atoms with Gasteiger partial charge in [0, 0.05) is 30.4 Å². The highest BCUT2D eigenvalue weighted by molar-refractivity contribution is 5.95. The van der Waals surface area contributed by atoms with Gasteiger partial charge in [0.15, 0.2) is 11.5 Å². The van der Waals surface area contributed by atoms with E-state index in [1.54, 1.807) is 18.3 Å². The van der Waals surface area contributed by atoms with E-state index in [1.165, 1.54) is 7.11 Å². The molecule has 3 rings (SSSR count). The van der Waals surface area contributed by atoms with Crippen LogP contribution in [0.2, 0.25) is 0 Å². The van der Waals surface area contributed by atoms with Crippen molar-refractivity contribution < 1.29 is 14.6 Å². The Kier molecular flexibility index (Phi) is 4.79. The third kappa shape index (κ3) is 3.40. The molecule has 2 aromatic carbocycles. The van der Waals surface area contributed by atoms with Gasteiger partial charge in [-0.05, 0) is 36.2 Å². The zero-order valence-corrected chi connectivity index (χ0v) is 13.6. The molecule has 0 saturated carbocycles. The zero-order chi connectivity index (χ0) is 16.9. The van der Waals surface area contributed by atoms with E-state index in [-0.39, 0.29) is 11.7 Å². The molecule has 1 amide bonds. The number of benzene rings is 2. The van der Waals surface area contributed by atoms with E-state index < -0.39 is 0 Å². The van der Waals surface area contributed by atoms with Crippen LogP contribution in [-0.2, 0) is 11.3 Å². The molecule has 0 unspecified atom stereocenters. The molecule has 0 radical (unpaired) electrons. The molecule has 5 heteroatoms. The average Bonchev–Trinajstić information content (AvgIpc) is 3.03. The smallest absolute Gasteiger partial charge is 0.227 e. The van der Waals surface area contributed by atoms with Crippen molar-refractivity contribution in [3.63, 3.8) is 0 Å². The minimum atomic E-state index is 0.0895. The molecular weight excluding hydrogens is 304 g/mol. The lowest BCUT2D eigenvalue weighted by Gasteiger charge is -2.15. The maximum absolute atomic E-state index is 11.7. The molecule has 124 valence electrons. The van der Waals surface area contributed by atoms with Gasteiger partial charge < -0.3 is 14.7 Å². The summed E-state index contributed by atoms with van der Waals surface area (Å²) in [5, 5.41) is 10.0. The summed E-state index contributed by atoms with van der Waals surface area (Å²) in [4.78, 5) is 17.9. The van der Waals surface area contributed by atoms with Crippen LogP contribution >= 0.6 is 0 Å². The van der Waals surface area contributed by atoms with Crippen LogP contribution in [0, 0.1) is 0 Å². The van der Waals surface area contributed by atoms with Crippen LogP contribution in [0.15, 0.2) is 47.5 Å². The highest BCUT2D eigenvalue weighted by Gasteiger charge is 2.21. The third-order valence-corrected chi connectivity index (χ3v) is 4.08. The second kappa shape index (κ2) is 7.17. The number of anilines is 1. The highest BCUT2D eigenvalue weighted by atomic mass is 16.5. The van der Waals surface area contributed by atoms with Crippen molar-refractivity contribution in [2.45, 2.75) is 19.4 Å². The van der Waals surface area contributed by atoms with Gasteiger partial charge in [-0.2, -0.15) is 0 Å². The van der Waals surface area contributed by atoms with Crippen LogP contribution < -0.4 is 9.64 Å². The van der Waals surface area contributed by atoms with Gasteiger partial charge >= 0.3 is 0 Å². The largest absolute Gasteiger partial charge is 0.504 e. The Hall–Kier alpha value is -2.82. The Morgan fingerprint density at radius 3 is 2.71 bits per heavy atom. The number of hydrogen-bond donors (Lipinski definition) is 1. The minimum Gasteiger partial charge on any atom is -0.504 e. The van der Waals surface area contributed by atoms with Gasteiger partial charge in [-0.25, -0.2) is 0 Å². The lowest BCUT2D eigenvalue weighted by molar-refractivity contribution is -0.117. The predicted molar refractivity (Wildman–Crippen MR) is 94.0 cm³/mol. The van der Waals surface area contributed by atoms with E-state index in [9.17, 15) is 9.90 Å². The number of phenols is 1. The summed E-state index contributed by atoms with van der Waals surface area (Å²) in [7, 11) is 1.52. The van der Waals surface area contributed by atoms with E-state index in [0.29, 0.717) is 24.3 Å². The standard InChI is InChI=1S/C19H20N2O3/c1-24-17-5-2-4-15(19(17)23)13-20-12-14-7-9-16(10-8-14)21-11-3-6-18(21)22/h2,4-5,7-10,13,23H,3,6,11-12H2,1H3. The summed E-state index contributed by atoms with van der Waals surface area (Å²) >= 11 is 0. The molecule has 0 spiro atoms. The fraction of sp³-hybridized carbons (Fsp3) is 0.263. The van der Waals surface area contributed by atoms with Crippen LogP contribution in [0.1, 0.15) is 24.0 Å². The van der Waals surface area contributed by atoms with Crippen molar-refractivity contribution in [3.8, 4) is 11.5 Å². The summed E-state index contributed by atoms with van der Waals surface area (Å²) in [5.74, 6) is 0.708. The lowest BCUT2D eigenvalue weighted by atomic mass is 10.2. The average molecular weight is 324 g/mol. The fourth-order valence-electron chi connectivity index (χ4n) is 2.76. The number of rotatable bonds is 5. The maximum Gasteiger partial charge on any atom is 0.227 e. The number of hydrogen-bond acceptors (Lipinski definition) is 4. The van der Waals surface area contributed by atoms with Gasteiger partial charge in [0.2, 0.25) is 5.91 Å². The van der Waals surface area contributed by atoms with Gasteiger partial charge in [-0.3, -0.25) is 9.79 Å². The van der Waals surface area contributed by atoms with Gasteiger partial charge in [0.25, 0.3) is 0 Å². The molecular formula is C19H20N2O3. The first-order valence-corrected chi connectivity index (χ1v) is 7.94. The van der Waals surface area contributed by atoms with Crippen molar-refractivity contribution in [2.75, 3.05) is 18.6 Å². The molecule has 0 atom stereocenters. The first-order chi connectivity index (χ1) is 11.7. The van der Waals surface area contributed by atoms with E-state index in [4.69, 9.17) is 4.74 Å². The molecule has 1 aliphatic heterocycles. The monoisotopic (exact) mass is 324 g/mol. The molecule has 1 fully saturated rings. The summed E-state index contributed by atoms with van der Waals surface area (Å²) < 4.78 is 5.08. The normalized spacial score (nSPS) is 14.5. The summed E-state index contributed by atoms with van der Waals surface area (Å²) in [6, 6.07) is 13.2. The number of nitrogens with zero attached hydrogens (tertiary/aromatic N) is 2. The number of amides is 1. The van der Waals surface area contributed by atoms with E-state index in [0.717, 1.165) is 24.2 Å². The molecule has 5 nitrogen and oxygen atoms in total. The summed E-state index contributed by atoms with van der Waals surface area (Å²) in [5.41, 5.74) is 2.60. The fourth-order valence-corrected chi connectivity index (χ4v) is 2.76. The molecule has 0 bridgehead atoms. The topological polar surface area (TPSA) is 62.1 Å². The quantitative estimate of drug-likeness (QED) is 0.860. The van der Waals surface area contributed by atoms with Crippen LogP contribution in [0.25, 0.3) is 0 Å². The number of methoxy groups -OCH3 is 1. The Balaban J connectivity index is 1.65. The Bertz CT molecular complexity index is 754. The maximum atomic E-state index is 11.7.